The van der Waals surface area contributed by atoms with Crippen LogP contribution in [0.1, 0.15) is 31.9 Å². The smallest absolute Gasteiger partial charge is 0.239 e. The van der Waals surface area contributed by atoms with Gasteiger partial charge in [-0.3, -0.25) is 9.79 Å². The third-order valence-corrected chi connectivity index (χ3v) is 3.10. The number of halogens is 1. The first-order chi connectivity index (χ1) is 11.2. The highest BCUT2D eigenvalue weighted by molar-refractivity contribution is 14.0. The summed E-state index contributed by atoms with van der Waals surface area (Å²) in [5.74, 6) is 0.551. The molecule has 0 radical (unpaired) electrons. The molecule has 0 saturated carbocycles. The monoisotopic (exact) mass is 461 g/mol. The molecule has 0 heterocycles. The van der Waals surface area contributed by atoms with Crippen molar-refractivity contribution >= 4 is 35.8 Å². The van der Waals surface area contributed by atoms with Crippen molar-refractivity contribution in [1.82, 2.24) is 20.9 Å². The van der Waals surface area contributed by atoms with Crippen molar-refractivity contribution in [2.75, 3.05) is 27.7 Å². The van der Waals surface area contributed by atoms with Crippen molar-refractivity contribution in [2.45, 2.75) is 39.4 Å². The van der Waals surface area contributed by atoms with Gasteiger partial charge in [-0.25, -0.2) is 0 Å². The first-order valence-corrected chi connectivity index (χ1v) is 8.17. The Bertz CT molecular complexity index is 567. The van der Waals surface area contributed by atoms with E-state index in [-0.39, 0.29) is 42.0 Å². The molecule has 0 saturated heterocycles. The van der Waals surface area contributed by atoms with Gasteiger partial charge in [0.25, 0.3) is 0 Å². The molecule has 142 valence electrons. The predicted molar refractivity (Wildman–Crippen MR) is 115 cm³/mol. The van der Waals surface area contributed by atoms with E-state index >= 15 is 0 Å². The van der Waals surface area contributed by atoms with Gasteiger partial charge in [-0.2, -0.15) is 0 Å². The molecule has 1 aromatic carbocycles. The van der Waals surface area contributed by atoms with Crippen LogP contribution < -0.4 is 16.0 Å². The molecule has 0 unspecified atom stereocenters. The maximum Gasteiger partial charge on any atom is 0.239 e. The molecule has 0 aliphatic heterocycles. The number of rotatable bonds is 6. The first kappa shape index (κ1) is 23.6. The molecule has 1 amide bonds. The largest absolute Gasteiger partial charge is 0.352 e. The number of benzene rings is 1. The van der Waals surface area contributed by atoms with E-state index in [1.54, 1.807) is 7.05 Å². The number of guanidine groups is 1. The van der Waals surface area contributed by atoms with E-state index < -0.39 is 0 Å². The van der Waals surface area contributed by atoms with Crippen LogP contribution in [0.15, 0.2) is 29.3 Å². The van der Waals surface area contributed by atoms with Crippen molar-refractivity contribution in [3.05, 3.63) is 35.4 Å². The third-order valence-electron chi connectivity index (χ3n) is 3.10. The zero-order valence-corrected chi connectivity index (χ0v) is 18.5. The Kier molecular flexibility index (Phi) is 10.7. The molecule has 6 nitrogen and oxygen atoms in total. The normalized spacial score (nSPS) is 11.7. The molecule has 1 rings (SSSR count). The molecule has 0 aliphatic rings. The summed E-state index contributed by atoms with van der Waals surface area (Å²) >= 11 is 0. The Morgan fingerprint density at radius 3 is 2.36 bits per heavy atom. The van der Waals surface area contributed by atoms with Gasteiger partial charge >= 0.3 is 0 Å². The van der Waals surface area contributed by atoms with Crippen LogP contribution in [-0.2, 0) is 17.9 Å². The standard InChI is InChI=1S/C18H31N5O.HI/c1-18(2,3)22-16(24)12-21-17(19-4)20-11-14-8-7-9-15(10-14)13-23(5)6;/h7-10H,11-13H2,1-6H3,(H,22,24)(H2,19,20,21);1H. The maximum absolute atomic E-state index is 11.8. The average molecular weight is 461 g/mol. The quantitative estimate of drug-likeness (QED) is 0.344. The molecule has 25 heavy (non-hydrogen) atoms. The van der Waals surface area contributed by atoms with E-state index in [0.717, 1.165) is 6.54 Å². The summed E-state index contributed by atoms with van der Waals surface area (Å²) in [4.78, 5) is 18.1. The minimum absolute atomic E-state index is 0. The van der Waals surface area contributed by atoms with E-state index in [9.17, 15) is 4.79 Å². The lowest BCUT2D eigenvalue weighted by Gasteiger charge is -2.21. The first-order valence-electron chi connectivity index (χ1n) is 8.17. The van der Waals surface area contributed by atoms with Crippen molar-refractivity contribution in [1.29, 1.82) is 0 Å². The van der Waals surface area contributed by atoms with Gasteiger partial charge in [0.2, 0.25) is 5.91 Å². The summed E-state index contributed by atoms with van der Waals surface area (Å²) in [7, 11) is 5.80. The molecular weight excluding hydrogens is 429 g/mol. The van der Waals surface area contributed by atoms with E-state index in [2.05, 4.69) is 64.2 Å². The van der Waals surface area contributed by atoms with Gasteiger partial charge < -0.3 is 20.9 Å². The zero-order chi connectivity index (χ0) is 18.2. The van der Waals surface area contributed by atoms with Gasteiger partial charge in [0.1, 0.15) is 0 Å². The summed E-state index contributed by atoms with van der Waals surface area (Å²) in [5, 5.41) is 9.17. The van der Waals surface area contributed by atoms with Crippen molar-refractivity contribution < 1.29 is 4.79 Å². The van der Waals surface area contributed by atoms with Gasteiger partial charge in [0.05, 0.1) is 6.54 Å². The predicted octanol–water partition coefficient (Wildman–Crippen LogP) is 1.95. The lowest BCUT2D eigenvalue weighted by Crippen LogP contribution is -2.48. The van der Waals surface area contributed by atoms with Crippen molar-refractivity contribution in [3.63, 3.8) is 0 Å². The fourth-order valence-electron chi connectivity index (χ4n) is 2.24. The fourth-order valence-corrected chi connectivity index (χ4v) is 2.24. The highest BCUT2D eigenvalue weighted by Crippen LogP contribution is 2.06. The molecule has 7 heteroatoms. The van der Waals surface area contributed by atoms with Crippen LogP contribution >= 0.6 is 24.0 Å². The molecule has 0 aromatic heterocycles. The highest BCUT2D eigenvalue weighted by Gasteiger charge is 2.13. The number of aliphatic imine (C=N–C) groups is 1. The Morgan fingerprint density at radius 2 is 1.80 bits per heavy atom. The Hall–Kier alpha value is -1.35. The summed E-state index contributed by atoms with van der Waals surface area (Å²) in [6.07, 6.45) is 0. The molecule has 0 aliphatic carbocycles. The summed E-state index contributed by atoms with van der Waals surface area (Å²) in [6, 6.07) is 8.43. The van der Waals surface area contributed by atoms with Gasteiger partial charge in [-0.1, -0.05) is 24.3 Å². The molecule has 0 spiro atoms. The number of hydrogen-bond donors (Lipinski definition) is 3. The van der Waals surface area contributed by atoms with Crippen LogP contribution in [0.3, 0.4) is 0 Å². The highest BCUT2D eigenvalue weighted by atomic mass is 127. The van der Waals surface area contributed by atoms with Crippen LogP contribution in [0, 0.1) is 0 Å². The van der Waals surface area contributed by atoms with Gasteiger partial charge in [0.15, 0.2) is 5.96 Å². The Labute approximate surface area is 168 Å². The number of carbonyl (C=O) groups is 1. The molecule has 0 bridgehead atoms. The minimum Gasteiger partial charge on any atom is -0.352 e. The Balaban J connectivity index is 0.00000576. The van der Waals surface area contributed by atoms with Crippen LogP contribution in [0.2, 0.25) is 0 Å². The van der Waals surface area contributed by atoms with Crippen LogP contribution in [-0.4, -0.2) is 50.0 Å². The number of nitrogens with one attached hydrogen (secondary N) is 3. The third kappa shape index (κ3) is 11.0. The van der Waals surface area contributed by atoms with Crippen LogP contribution in [0.25, 0.3) is 0 Å². The van der Waals surface area contributed by atoms with Crippen molar-refractivity contribution in [3.8, 4) is 0 Å². The average Bonchev–Trinajstić information content (AvgIpc) is 2.45. The van der Waals surface area contributed by atoms with E-state index in [4.69, 9.17) is 0 Å². The number of hydrogen-bond acceptors (Lipinski definition) is 3. The summed E-state index contributed by atoms with van der Waals surface area (Å²) < 4.78 is 0. The summed E-state index contributed by atoms with van der Waals surface area (Å²) in [6.45, 7) is 7.63. The van der Waals surface area contributed by atoms with Gasteiger partial charge in [-0.05, 0) is 46.0 Å². The zero-order valence-electron chi connectivity index (χ0n) is 16.1. The number of amides is 1. The maximum atomic E-state index is 11.8. The lowest BCUT2D eigenvalue weighted by atomic mass is 10.1. The van der Waals surface area contributed by atoms with E-state index in [0.29, 0.717) is 12.5 Å². The molecular formula is C18H32IN5O. The summed E-state index contributed by atoms with van der Waals surface area (Å²) in [5.41, 5.74) is 2.21. The van der Waals surface area contributed by atoms with Crippen LogP contribution in [0.5, 0.6) is 0 Å². The second kappa shape index (κ2) is 11.3. The van der Waals surface area contributed by atoms with Crippen molar-refractivity contribution in [2.24, 2.45) is 4.99 Å². The minimum atomic E-state index is -0.234. The molecule has 0 fully saturated rings. The Morgan fingerprint density at radius 1 is 1.16 bits per heavy atom. The van der Waals surface area contributed by atoms with E-state index in [1.165, 1.54) is 11.1 Å². The second-order valence-electron chi connectivity index (χ2n) is 7.14. The molecule has 3 N–H and O–H groups in total. The van der Waals surface area contributed by atoms with Gasteiger partial charge in [0, 0.05) is 25.7 Å². The van der Waals surface area contributed by atoms with Crippen LogP contribution in [0.4, 0.5) is 0 Å². The lowest BCUT2D eigenvalue weighted by molar-refractivity contribution is -0.121. The second-order valence-corrected chi connectivity index (χ2v) is 7.14. The number of carbonyl (C=O) groups excluding carboxylic acids is 1. The topological polar surface area (TPSA) is 68.8 Å². The SMILES string of the molecule is CN=C(NCC(=O)NC(C)(C)C)NCc1cccc(CN(C)C)c1.I. The van der Waals surface area contributed by atoms with Gasteiger partial charge in [-0.15, -0.1) is 24.0 Å². The fraction of sp³-hybridized carbons (Fsp3) is 0.556. The van der Waals surface area contributed by atoms with E-state index in [1.807, 2.05) is 20.8 Å². The number of nitrogens with zero attached hydrogens (tertiary/aromatic N) is 2. The molecule has 0 atom stereocenters. The molecule has 1 aromatic rings.